The Bertz CT molecular complexity index is 880. The van der Waals surface area contributed by atoms with Gasteiger partial charge in [-0.05, 0) is 51.5 Å². The minimum Gasteiger partial charge on any atom is -0.485 e. The van der Waals surface area contributed by atoms with Gasteiger partial charge in [0.25, 0.3) is 5.91 Å². The first kappa shape index (κ1) is 19.8. The molecule has 2 heterocycles. The minimum atomic E-state index is -0.196. The van der Waals surface area contributed by atoms with E-state index in [0.717, 1.165) is 23.5 Å². The van der Waals surface area contributed by atoms with Crippen LogP contribution in [0.2, 0.25) is 0 Å². The predicted octanol–water partition coefficient (Wildman–Crippen LogP) is 4.23. The van der Waals surface area contributed by atoms with Crippen LogP contribution in [0, 0.1) is 0 Å². The Morgan fingerprint density at radius 3 is 2.48 bits per heavy atom. The van der Waals surface area contributed by atoms with E-state index in [1.54, 1.807) is 0 Å². The van der Waals surface area contributed by atoms with Crippen molar-refractivity contribution in [3.05, 3.63) is 59.2 Å². The monoisotopic (exact) mass is 395 g/mol. The summed E-state index contributed by atoms with van der Waals surface area (Å²) in [6.45, 7) is 9.86. The van der Waals surface area contributed by atoms with E-state index < -0.39 is 0 Å². The topological polar surface area (TPSA) is 48.0 Å². The number of para-hydroxylation sites is 1. The summed E-state index contributed by atoms with van der Waals surface area (Å²) in [5.74, 6) is 1.67. The molecular formula is C24H29NO4. The summed E-state index contributed by atoms with van der Waals surface area (Å²) in [6, 6.07) is 13.7. The van der Waals surface area contributed by atoms with E-state index in [1.165, 1.54) is 5.56 Å². The van der Waals surface area contributed by atoms with Gasteiger partial charge in [-0.1, -0.05) is 24.3 Å². The third-order valence-corrected chi connectivity index (χ3v) is 5.36. The molecule has 0 spiro atoms. The third kappa shape index (κ3) is 4.40. The number of morpholine rings is 1. The first-order valence-corrected chi connectivity index (χ1v) is 10.3. The molecule has 1 amide bonds. The molecule has 154 valence electrons. The number of benzene rings is 2. The predicted molar refractivity (Wildman–Crippen MR) is 112 cm³/mol. The zero-order valence-electron chi connectivity index (χ0n) is 17.6. The molecular weight excluding hydrogens is 366 g/mol. The Morgan fingerprint density at radius 1 is 1.10 bits per heavy atom. The average Bonchev–Trinajstić information content (AvgIpc) is 3.00. The zero-order valence-corrected chi connectivity index (χ0v) is 17.6. The van der Waals surface area contributed by atoms with Crippen LogP contribution < -0.4 is 9.47 Å². The molecule has 5 nitrogen and oxygen atoms in total. The highest BCUT2D eigenvalue weighted by molar-refractivity contribution is 5.94. The van der Waals surface area contributed by atoms with Gasteiger partial charge in [-0.25, -0.2) is 0 Å². The molecule has 0 radical (unpaired) electrons. The van der Waals surface area contributed by atoms with Gasteiger partial charge in [0.05, 0.1) is 12.2 Å². The highest BCUT2D eigenvalue weighted by Gasteiger charge is 2.32. The molecule has 2 atom stereocenters. The molecule has 2 aromatic rings. The lowest BCUT2D eigenvalue weighted by Gasteiger charge is -2.35. The van der Waals surface area contributed by atoms with E-state index in [0.29, 0.717) is 25.3 Å². The Labute approximate surface area is 172 Å². The van der Waals surface area contributed by atoms with E-state index in [2.05, 4.69) is 19.9 Å². The molecule has 29 heavy (non-hydrogen) atoms. The van der Waals surface area contributed by atoms with Gasteiger partial charge >= 0.3 is 0 Å². The van der Waals surface area contributed by atoms with Crippen molar-refractivity contribution < 1.29 is 19.0 Å². The fourth-order valence-electron chi connectivity index (χ4n) is 4.13. The number of hydrogen-bond donors (Lipinski definition) is 0. The Balaban J connectivity index is 1.40. The number of carbonyl (C=O) groups excluding carboxylic acids is 1. The fraction of sp³-hybridized carbons (Fsp3) is 0.458. The maximum absolute atomic E-state index is 12.8. The van der Waals surface area contributed by atoms with Crippen molar-refractivity contribution in [2.45, 2.75) is 58.5 Å². The molecule has 0 bridgehead atoms. The van der Waals surface area contributed by atoms with Gasteiger partial charge in [0.1, 0.15) is 12.2 Å². The molecule has 2 aliphatic rings. The van der Waals surface area contributed by atoms with Gasteiger partial charge < -0.3 is 19.1 Å². The minimum absolute atomic E-state index is 0.0518. The van der Waals surface area contributed by atoms with Crippen molar-refractivity contribution in [2.75, 3.05) is 13.1 Å². The lowest BCUT2D eigenvalue weighted by Crippen LogP contribution is -2.48. The van der Waals surface area contributed by atoms with Gasteiger partial charge in [0.2, 0.25) is 0 Å². The number of rotatable bonds is 4. The Kier molecular flexibility index (Phi) is 5.26. The van der Waals surface area contributed by atoms with Gasteiger partial charge in [0, 0.05) is 30.6 Å². The number of ether oxygens (including phenoxy) is 3. The van der Waals surface area contributed by atoms with E-state index in [-0.39, 0.29) is 23.7 Å². The molecule has 0 saturated carbocycles. The second-order valence-corrected chi connectivity index (χ2v) is 8.74. The Hall–Kier alpha value is -2.53. The fourth-order valence-corrected chi connectivity index (χ4v) is 4.13. The van der Waals surface area contributed by atoms with Crippen LogP contribution in [0.15, 0.2) is 42.5 Å². The van der Waals surface area contributed by atoms with Crippen LogP contribution in [-0.4, -0.2) is 41.7 Å². The van der Waals surface area contributed by atoms with E-state index in [9.17, 15) is 4.79 Å². The number of fused-ring (bicyclic) bond motifs is 1. The standard InChI is InChI=1S/C24H29NO4/c1-16-13-25(14-17(2)28-16)23(26)19-10-8-18(9-11-19)15-27-21-7-5-6-20-12-24(3,4)29-22(20)21/h5-11,16-17H,12-15H2,1-4H3. The van der Waals surface area contributed by atoms with Crippen LogP contribution in [0.25, 0.3) is 0 Å². The van der Waals surface area contributed by atoms with E-state index in [4.69, 9.17) is 14.2 Å². The highest BCUT2D eigenvalue weighted by atomic mass is 16.5. The first-order chi connectivity index (χ1) is 13.8. The maximum Gasteiger partial charge on any atom is 0.254 e. The van der Waals surface area contributed by atoms with Crippen LogP contribution in [0.4, 0.5) is 0 Å². The quantitative estimate of drug-likeness (QED) is 0.777. The van der Waals surface area contributed by atoms with Crippen molar-refractivity contribution in [2.24, 2.45) is 0 Å². The molecule has 1 fully saturated rings. The molecule has 0 aliphatic carbocycles. The van der Waals surface area contributed by atoms with Crippen LogP contribution in [-0.2, 0) is 17.8 Å². The summed E-state index contributed by atoms with van der Waals surface area (Å²) in [5, 5.41) is 0. The molecule has 4 rings (SSSR count). The van der Waals surface area contributed by atoms with Crippen LogP contribution >= 0.6 is 0 Å². The molecule has 5 heteroatoms. The highest BCUT2D eigenvalue weighted by Crippen LogP contribution is 2.41. The number of carbonyl (C=O) groups is 1. The zero-order chi connectivity index (χ0) is 20.6. The van der Waals surface area contributed by atoms with Gasteiger partial charge in [0.15, 0.2) is 11.5 Å². The number of hydrogen-bond acceptors (Lipinski definition) is 4. The first-order valence-electron chi connectivity index (χ1n) is 10.3. The van der Waals surface area contributed by atoms with E-state index in [1.807, 2.05) is 55.1 Å². The molecule has 2 aliphatic heterocycles. The molecule has 0 N–H and O–H groups in total. The second kappa shape index (κ2) is 7.71. The van der Waals surface area contributed by atoms with Crippen LogP contribution in [0.1, 0.15) is 49.2 Å². The lowest BCUT2D eigenvalue weighted by molar-refractivity contribution is -0.0586. The number of nitrogens with zero attached hydrogens (tertiary/aromatic N) is 1. The van der Waals surface area contributed by atoms with Gasteiger partial charge in [-0.3, -0.25) is 4.79 Å². The summed E-state index contributed by atoms with van der Waals surface area (Å²) >= 11 is 0. The summed E-state index contributed by atoms with van der Waals surface area (Å²) in [6.07, 6.45) is 1.01. The van der Waals surface area contributed by atoms with E-state index >= 15 is 0 Å². The average molecular weight is 395 g/mol. The Morgan fingerprint density at radius 2 is 1.79 bits per heavy atom. The molecule has 2 aromatic carbocycles. The number of amides is 1. The van der Waals surface area contributed by atoms with Crippen molar-refractivity contribution in [1.29, 1.82) is 0 Å². The smallest absolute Gasteiger partial charge is 0.254 e. The normalized spacial score (nSPS) is 22.7. The summed E-state index contributed by atoms with van der Waals surface area (Å²) < 4.78 is 17.8. The summed E-state index contributed by atoms with van der Waals surface area (Å²) in [7, 11) is 0. The largest absolute Gasteiger partial charge is 0.485 e. The van der Waals surface area contributed by atoms with Crippen molar-refractivity contribution in [1.82, 2.24) is 4.90 Å². The molecule has 0 aromatic heterocycles. The van der Waals surface area contributed by atoms with Gasteiger partial charge in [-0.2, -0.15) is 0 Å². The van der Waals surface area contributed by atoms with Gasteiger partial charge in [-0.15, -0.1) is 0 Å². The van der Waals surface area contributed by atoms with Crippen molar-refractivity contribution >= 4 is 5.91 Å². The second-order valence-electron chi connectivity index (χ2n) is 8.74. The van der Waals surface area contributed by atoms with Crippen molar-refractivity contribution in [3.63, 3.8) is 0 Å². The molecule has 2 unspecified atom stereocenters. The van der Waals surface area contributed by atoms with Crippen LogP contribution in [0.3, 0.4) is 0 Å². The van der Waals surface area contributed by atoms with Crippen molar-refractivity contribution in [3.8, 4) is 11.5 Å². The third-order valence-electron chi connectivity index (χ3n) is 5.36. The van der Waals surface area contributed by atoms with Crippen LogP contribution in [0.5, 0.6) is 11.5 Å². The lowest BCUT2D eigenvalue weighted by atomic mass is 10.0. The SMILES string of the molecule is CC1CN(C(=O)c2ccc(COc3cccc4c3OC(C)(C)C4)cc2)CC(C)O1. The summed E-state index contributed by atoms with van der Waals surface area (Å²) in [4.78, 5) is 14.7. The maximum atomic E-state index is 12.8. The molecule has 1 saturated heterocycles. The summed E-state index contributed by atoms with van der Waals surface area (Å²) in [5.41, 5.74) is 2.70.